The first kappa shape index (κ1) is 23.3. The summed E-state index contributed by atoms with van der Waals surface area (Å²) >= 11 is 0. The second kappa shape index (κ2) is 10.0. The number of nitrogens with zero attached hydrogens (tertiary/aromatic N) is 4. The van der Waals surface area contributed by atoms with E-state index in [2.05, 4.69) is 18.9 Å². The first-order valence-electron chi connectivity index (χ1n) is 12.1. The lowest BCUT2D eigenvalue weighted by Gasteiger charge is -2.11. The molecule has 36 heavy (non-hydrogen) atoms. The van der Waals surface area contributed by atoms with Crippen molar-refractivity contribution in [1.82, 2.24) is 9.78 Å². The highest BCUT2D eigenvalue weighted by molar-refractivity contribution is 6.32. The van der Waals surface area contributed by atoms with Crippen molar-refractivity contribution in [2.24, 2.45) is 5.10 Å². The van der Waals surface area contributed by atoms with Crippen molar-refractivity contribution in [3.8, 4) is 22.7 Å². The molecule has 180 valence electrons. The van der Waals surface area contributed by atoms with Crippen LogP contribution in [0.15, 0.2) is 95.7 Å². The fourth-order valence-electron chi connectivity index (χ4n) is 4.21. The van der Waals surface area contributed by atoms with Crippen LogP contribution in [0.4, 0.5) is 5.69 Å². The topological polar surface area (TPSA) is 59.7 Å². The first-order chi connectivity index (χ1) is 17.5. The number of hydrazone groups is 1. The van der Waals surface area contributed by atoms with Crippen LogP contribution in [0, 0.1) is 6.92 Å². The average Bonchev–Trinajstić information content (AvgIpc) is 3.45. The zero-order valence-corrected chi connectivity index (χ0v) is 20.7. The molecular formula is C30H28N4O2. The minimum absolute atomic E-state index is 0.155. The summed E-state index contributed by atoms with van der Waals surface area (Å²) in [5.74, 6) is 0.685. The lowest BCUT2D eigenvalue weighted by atomic mass is 10.0. The molecule has 6 heteroatoms. The van der Waals surface area contributed by atoms with E-state index in [0.717, 1.165) is 45.9 Å². The quantitative estimate of drug-likeness (QED) is 0.288. The summed E-state index contributed by atoms with van der Waals surface area (Å²) in [6, 6.07) is 25.5. The number of aromatic nitrogens is 2. The van der Waals surface area contributed by atoms with Gasteiger partial charge in [0, 0.05) is 17.3 Å². The SMILES string of the molecule is CCCOc1ccc(-c2nn(-c3ccccc3)cc2/C=C2\C(=O)N(c3ccccc3)N=C2C)c(C)c1. The van der Waals surface area contributed by atoms with Gasteiger partial charge in [0.2, 0.25) is 0 Å². The smallest absolute Gasteiger partial charge is 0.280 e. The molecule has 0 bridgehead atoms. The molecule has 0 N–H and O–H groups in total. The predicted molar refractivity (Wildman–Crippen MR) is 145 cm³/mol. The molecule has 0 atom stereocenters. The molecule has 1 aromatic heterocycles. The number of para-hydroxylation sites is 2. The lowest BCUT2D eigenvalue weighted by Crippen LogP contribution is -2.21. The predicted octanol–water partition coefficient (Wildman–Crippen LogP) is 6.44. The highest BCUT2D eigenvalue weighted by Gasteiger charge is 2.29. The van der Waals surface area contributed by atoms with Gasteiger partial charge in [-0.05, 0) is 74.4 Å². The van der Waals surface area contributed by atoms with Gasteiger partial charge in [0.25, 0.3) is 5.91 Å². The van der Waals surface area contributed by atoms with E-state index in [1.807, 2.05) is 103 Å². The van der Waals surface area contributed by atoms with Gasteiger partial charge in [0.15, 0.2) is 0 Å². The summed E-state index contributed by atoms with van der Waals surface area (Å²) in [6.07, 6.45) is 4.81. The molecule has 2 heterocycles. The van der Waals surface area contributed by atoms with Crippen LogP contribution in [0.5, 0.6) is 5.75 Å². The van der Waals surface area contributed by atoms with Gasteiger partial charge in [-0.1, -0.05) is 43.3 Å². The van der Waals surface area contributed by atoms with Gasteiger partial charge in [-0.15, -0.1) is 0 Å². The van der Waals surface area contributed by atoms with Crippen LogP contribution in [0.25, 0.3) is 23.0 Å². The lowest BCUT2D eigenvalue weighted by molar-refractivity contribution is -0.114. The summed E-state index contributed by atoms with van der Waals surface area (Å²) in [7, 11) is 0. The summed E-state index contributed by atoms with van der Waals surface area (Å²) in [4.78, 5) is 13.4. The van der Waals surface area contributed by atoms with Crippen molar-refractivity contribution in [2.75, 3.05) is 11.6 Å². The first-order valence-corrected chi connectivity index (χ1v) is 12.1. The Kier molecular flexibility index (Phi) is 6.50. The fourth-order valence-corrected chi connectivity index (χ4v) is 4.21. The van der Waals surface area contributed by atoms with Gasteiger partial charge in [-0.2, -0.15) is 15.2 Å². The molecule has 0 fully saturated rings. The van der Waals surface area contributed by atoms with Gasteiger partial charge >= 0.3 is 0 Å². The molecule has 0 saturated heterocycles. The minimum atomic E-state index is -0.155. The van der Waals surface area contributed by atoms with E-state index in [4.69, 9.17) is 9.84 Å². The number of hydrogen-bond acceptors (Lipinski definition) is 4. The van der Waals surface area contributed by atoms with Crippen LogP contribution >= 0.6 is 0 Å². The van der Waals surface area contributed by atoms with E-state index in [1.54, 1.807) is 0 Å². The molecule has 0 saturated carbocycles. The fraction of sp³-hybridized carbons (Fsp3) is 0.167. The Balaban J connectivity index is 1.58. The van der Waals surface area contributed by atoms with Gasteiger partial charge < -0.3 is 4.74 Å². The highest BCUT2D eigenvalue weighted by Crippen LogP contribution is 2.32. The van der Waals surface area contributed by atoms with E-state index in [9.17, 15) is 4.79 Å². The molecule has 1 aliphatic rings. The van der Waals surface area contributed by atoms with Gasteiger partial charge in [-0.25, -0.2) is 4.68 Å². The third-order valence-corrected chi connectivity index (χ3v) is 6.05. The van der Waals surface area contributed by atoms with Gasteiger partial charge in [0.05, 0.1) is 29.3 Å². The number of carbonyl (C=O) groups excluding carboxylic acids is 1. The molecule has 0 spiro atoms. The van der Waals surface area contributed by atoms with Crippen LogP contribution in [0.1, 0.15) is 31.4 Å². The van der Waals surface area contributed by atoms with E-state index in [1.165, 1.54) is 5.01 Å². The van der Waals surface area contributed by atoms with E-state index in [-0.39, 0.29) is 5.91 Å². The van der Waals surface area contributed by atoms with Crippen molar-refractivity contribution in [3.63, 3.8) is 0 Å². The van der Waals surface area contributed by atoms with Gasteiger partial charge in [-0.3, -0.25) is 4.79 Å². The Morgan fingerprint density at radius 1 is 0.917 bits per heavy atom. The van der Waals surface area contributed by atoms with Crippen LogP contribution in [-0.2, 0) is 4.79 Å². The molecule has 1 aliphatic heterocycles. The maximum atomic E-state index is 13.4. The molecule has 5 rings (SSSR count). The molecule has 0 radical (unpaired) electrons. The highest BCUT2D eigenvalue weighted by atomic mass is 16.5. The number of rotatable bonds is 7. The Labute approximate surface area is 211 Å². The Hall–Kier alpha value is -4.45. The Morgan fingerprint density at radius 3 is 2.28 bits per heavy atom. The number of benzene rings is 3. The Morgan fingerprint density at radius 2 is 1.61 bits per heavy atom. The number of hydrogen-bond donors (Lipinski definition) is 0. The second-order valence-corrected chi connectivity index (χ2v) is 8.73. The van der Waals surface area contributed by atoms with Crippen LogP contribution in [0.2, 0.25) is 0 Å². The molecule has 0 unspecified atom stereocenters. The zero-order valence-electron chi connectivity index (χ0n) is 20.7. The third-order valence-electron chi connectivity index (χ3n) is 6.05. The summed E-state index contributed by atoms with van der Waals surface area (Å²) < 4.78 is 7.67. The standard InChI is InChI=1S/C30H28N4O2/c1-4-17-36-26-15-16-27(21(2)18-26)29-23(20-33(32-29)24-11-7-5-8-12-24)19-28-22(3)31-34(30(28)35)25-13-9-6-10-14-25/h5-16,18-20H,4,17H2,1-3H3/b28-19-. The van der Waals surface area contributed by atoms with Crippen LogP contribution in [-0.4, -0.2) is 28.0 Å². The van der Waals surface area contributed by atoms with Crippen molar-refractivity contribution in [1.29, 1.82) is 0 Å². The number of carbonyl (C=O) groups is 1. The summed E-state index contributed by atoms with van der Waals surface area (Å²) in [5, 5.41) is 10.9. The molecule has 3 aromatic carbocycles. The van der Waals surface area contributed by atoms with Crippen LogP contribution in [0.3, 0.4) is 0 Å². The molecule has 0 aliphatic carbocycles. The second-order valence-electron chi connectivity index (χ2n) is 8.73. The number of aryl methyl sites for hydroxylation is 1. The zero-order chi connectivity index (χ0) is 25.1. The molecular weight excluding hydrogens is 448 g/mol. The maximum absolute atomic E-state index is 13.4. The maximum Gasteiger partial charge on any atom is 0.280 e. The van der Waals surface area contributed by atoms with E-state index in [0.29, 0.717) is 17.9 Å². The third kappa shape index (κ3) is 4.58. The Bertz CT molecular complexity index is 1450. The summed E-state index contributed by atoms with van der Waals surface area (Å²) in [6.45, 7) is 6.68. The average molecular weight is 477 g/mol. The number of ether oxygens (including phenoxy) is 1. The molecule has 1 amide bonds. The largest absolute Gasteiger partial charge is 0.494 e. The van der Waals surface area contributed by atoms with E-state index < -0.39 is 0 Å². The normalized spacial score (nSPS) is 14.4. The number of amides is 1. The van der Waals surface area contributed by atoms with Crippen molar-refractivity contribution in [3.05, 3.63) is 102 Å². The van der Waals surface area contributed by atoms with Crippen molar-refractivity contribution < 1.29 is 9.53 Å². The number of anilines is 1. The van der Waals surface area contributed by atoms with Gasteiger partial charge in [0.1, 0.15) is 11.4 Å². The molecule has 4 aromatic rings. The van der Waals surface area contributed by atoms with E-state index >= 15 is 0 Å². The van der Waals surface area contributed by atoms with Crippen LogP contribution < -0.4 is 9.75 Å². The molecule has 6 nitrogen and oxygen atoms in total. The monoisotopic (exact) mass is 476 g/mol. The van der Waals surface area contributed by atoms with Crippen molar-refractivity contribution >= 4 is 23.4 Å². The summed E-state index contributed by atoms with van der Waals surface area (Å²) in [5.41, 5.74) is 6.58. The van der Waals surface area contributed by atoms with Crippen molar-refractivity contribution in [2.45, 2.75) is 27.2 Å². The minimum Gasteiger partial charge on any atom is -0.494 e.